The van der Waals surface area contributed by atoms with Crippen molar-refractivity contribution in [1.82, 2.24) is 14.8 Å². The maximum Gasteiger partial charge on any atom is 0.254 e. The number of nitrogens with zero attached hydrogens (tertiary/aromatic N) is 2. The van der Waals surface area contributed by atoms with Gasteiger partial charge in [-0.1, -0.05) is 44.5 Å². The van der Waals surface area contributed by atoms with Crippen LogP contribution < -0.4 is 9.47 Å². The average Bonchev–Trinajstić information content (AvgIpc) is 3.29. The van der Waals surface area contributed by atoms with Crippen molar-refractivity contribution in [3.05, 3.63) is 59.3 Å². The number of H-pyrrole nitrogens is 1. The van der Waals surface area contributed by atoms with Crippen LogP contribution in [0.5, 0.6) is 11.5 Å². The van der Waals surface area contributed by atoms with Gasteiger partial charge in [-0.25, -0.2) is 0 Å². The molecule has 2 atom stereocenters. The van der Waals surface area contributed by atoms with Crippen molar-refractivity contribution in [3.8, 4) is 11.5 Å². The maximum atomic E-state index is 13.9. The Morgan fingerprint density at radius 2 is 1.89 bits per heavy atom. The quantitative estimate of drug-likeness (QED) is 0.493. The number of para-hydroxylation sites is 1. The van der Waals surface area contributed by atoms with Gasteiger partial charge in [-0.2, -0.15) is 0 Å². The number of nitrogens with one attached hydrogen (secondary N) is 1. The molecule has 2 aliphatic heterocycles. The Kier molecular flexibility index (Phi) is 6.41. The molecule has 1 fully saturated rings. The zero-order valence-corrected chi connectivity index (χ0v) is 21.6. The molecule has 1 N–H and O–H groups in total. The summed E-state index contributed by atoms with van der Waals surface area (Å²) in [5, 5.41) is 1.08. The molecule has 1 saturated heterocycles. The summed E-state index contributed by atoms with van der Waals surface area (Å²) >= 11 is 0. The minimum absolute atomic E-state index is 0.0114. The van der Waals surface area contributed by atoms with Crippen LogP contribution in [0.4, 0.5) is 0 Å². The molecular formula is C29H35N3O4. The number of aromatic nitrogens is 1. The second-order valence-electron chi connectivity index (χ2n) is 9.93. The van der Waals surface area contributed by atoms with E-state index in [9.17, 15) is 9.59 Å². The minimum Gasteiger partial charge on any atom is -0.493 e. The van der Waals surface area contributed by atoms with Crippen molar-refractivity contribution in [2.24, 2.45) is 0 Å². The van der Waals surface area contributed by atoms with Gasteiger partial charge in [0.25, 0.3) is 5.91 Å². The number of rotatable bonds is 8. The topological polar surface area (TPSA) is 74.9 Å². The highest BCUT2D eigenvalue weighted by atomic mass is 16.5. The third-order valence-electron chi connectivity index (χ3n) is 7.65. The maximum absolute atomic E-state index is 13.9. The Morgan fingerprint density at radius 1 is 1.08 bits per heavy atom. The van der Waals surface area contributed by atoms with Crippen molar-refractivity contribution >= 4 is 22.7 Å². The van der Waals surface area contributed by atoms with Crippen LogP contribution in [0.25, 0.3) is 10.9 Å². The van der Waals surface area contributed by atoms with Gasteiger partial charge in [0.05, 0.1) is 26.0 Å². The first-order valence-corrected chi connectivity index (χ1v) is 13.0. The van der Waals surface area contributed by atoms with Crippen LogP contribution >= 0.6 is 0 Å². The van der Waals surface area contributed by atoms with Gasteiger partial charge in [0.1, 0.15) is 0 Å². The number of fused-ring (bicyclic) bond motifs is 5. The van der Waals surface area contributed by atoms with Crippen LogP contribution in [-0.2, 0) is 15.1 Å². The van der Waals surface area contributed by atoms with Crippen molar-refractivity contribution < 1.29 is 19.1 Å². The molecule has 0 aliphatic carbocycles. The second-order valence-corrected chi connectivity index (χ2v) is 9.93. The lowest BCUT2D eigenvalue weighted by Gasteiger charge is -2.51. The van der Waals surface area contributed by atoms with E-state index >= 15 is 0 Å². The number of hydrogen-bond acceptors (Lipinski definition) is 4. The summed E-state index contributed by atoms with van der Waals surface area (Å²) in [6, 6.07) is 14.1. The molecule has 7 nitrogen and oxygen atoms in total. The number of hydrogen-bond donors (Lipinski definition) is 1. The van der Waals surface area contributed by atoms with E-state index in [1.54, 1.807) is 16.9 Å². The molecule has 190 valence electrons. The zero-order chi connectivity index (χ0) is 25.4. The fraction of sp³-hybridized carbons (Fsp3) is 0.448. The summed E-state index contributed by atoms with van der Waals surface area (Å²) < 4.78 is 11.5. The van der Waals surface area contributed by atoms with E-state index in [0.717, 1.165) is 47.0 Å². The first-order chi connectivity index (χ1) is 17.4. The lowest BCUT2D eigenvalue weighted by molar-refractivity contribution is -0.166. The summed E-state index contributed by atoms with van der Waals surface area (Å²) in [5.74, 6) is 1.23. The summed E-state index contributed by atoms with van der Waals surface area (Å²) in [4.78, 5) is 34.5. The van der Waals surface area contributed by atoms with Gasteiger partial charge in [0.15, 0.2) is 17.0 Å². The van der Waals surface area contributed by atoms with Crippen LogP contribution in [0.1, 0.15) is 62.8 Å². The molecule has 0 radical (unpaired) electrons. The molecule has 2 aromatic carbocycles. The van der Waals surface area contributed by atoms with Crippen molar-refractivity contribution in [1.29, 1.82) is 0 Å². The fourth-order valence-corrected chi connectivity index (χ4v) is 5.74. The number of carbonyl (C=O) groups is 2. The standard InChI is InChI=1S/C29H35N3O4/c1-5-7-14-31-18-25(33)32-17-21(19-12-13-23(36-15-6-2)24(16-19)35-4)26-20-10-8-9-11-22(20)30-27(26)29(32,3)28(31)34/h8-13,16,21,30H,5-7,14-15,17-18H2,1-4H3. The Morgan fingerprint density at radius 3 is 2.64 bits per heavy atom. The predicted molar refractivity (Wildman–Crippen MR) is 139 cm³/mol. The van der Waals surface area contributed by atoms with Gasteiger partial charge in [0.2, 0.25) is 5.91 Å². The molecule has 1 aromatic heterocycles. The number of aromatic amines is 1. The highest BCUT2D eigenvalue weighted by Gasteiger charge is 2.56. The molecular weight excluding hydrogens is 454 g/mol. The van der Waals surface area contributed by atoms with E-state index in [1.807, 2.05) is 37.3 Å². The van der Waals surface area contributed by atoms with E-state index in [-0.39, 0.29) is 24.3 Å². The van der Waals surface area contributed by atoms with E-state index in [1.165, 1.54) is 0 Å². The molecule has 5 rings (SSSR count). The first kappa shape index (κ1) is 24.2. The van der Waals surface area contributed by atoms with E-state index in [0.29, 0.717) is 31.2 Å². The van der Waals surface area contributed by atoms with Crippen LogP contribution in [0.2, 0.25) is 0 Å². The monoisotopic (exact) mass is 489 g/mol. The number of methoxy groups -OCH3 is 1. The van der Waals surface area contributed by atoms with Crippen LogP contribution in [0.3, 0.4) is 0 Å². The van der Waals surface area contributed by atoms with Gasteiger partial charge in [-0.05, 0) is 49.1 Å². The summed E-state index contributed by atoms with van der Waals surface area (Å²) in [7, 11) is 1.64. The van der Waals surface area contributed by atoms with E-state index < -0.39 is 5.54 Å². The highest BCUT2D eigenvalue weighted by Crippen LogP contribution is 2.49. The molecule has 2 amide bonds. The molecule has 0 spiro atoms. The summed E-state index contributed by atoms with van der Waals surface area (Å²) in [6.45, 7) is 7.83. The lowest BCUT2D eigenvalue weighted by atomic mass is 9.76. The van der Waals surface area contributed by atoms with E-state index in [2.05, 4.69) is 31.0 Å². The second kappa shape index (κ2) is 9.52. The molecule has 0 saturated carbocycles. The Bertz CT molecular complexity index is 1300. The Labute approximate surface area is 212 Å². The summed E-state index contributed by atoms with van der Waals surface area (Å²) in [6.07, 6.45) is 2.76. The fourth-order valence-electron chi connectivity index (χ4n) is 5.74. The van der Waals surface area contributed by atoms with Crippen LogP contribution in [-0.4, -0.2) is 59.9 Å². The number of benzene rings is 2. The number of amides is 2. The van der Waals surface area contributed by atoms with Crippen LogP contribution in [0, 0.1) is 0 Å². The van der Waals surface area contributed by atoms with Gasteiger partial charge in [-0.15, -0.1) is 0 Å². The van der Waals surface area contributed by atoms with Crippen LogP contribution in [0.15, 0.2) is 42.5 Å². The minimum atomic E-state index is -1.07. The van der Waals surface area contributed by atoms with Gasteiger partial charge < -0.3 is 24.3 Å². The number of unbranched alkanes of at least 4 members (excludes halogenated alkanes) is 1. The zero-order valence-electron chi connectivity index (χ0n) is 21.6. The Balaban J connectivity index is 1.66. The largest absolute Gasteiger partial charge is 0.493 e. The van der Waals surface area contributed by atoms with Gasteiger partial charge >= 0.3 is 0 Å². The van der Waals surface area contributed by atoms with Gasteiger partial charge in [-0.3, -0.25) is 9.59 Å². The lowest BCUT2D eigenvalue weighted by Crippen LogP contribution is -2.67. The molecule has 7 heteroatoms. The third-order valence-corrected chi connectivity index (χ3v) is 7.65. The Hall–Kier alpha value is -3.48. The smallest absolute Gasteiger partial charge is 0.254 e. The summed E-state index contributed by atoms with van der Waals surface area (Å²) in [5.41, 5.74) is 2.81. The molecule has 3 heterocycles. The van der Waals surface area contributed by atoms with Crippen molar-refractivity contribution in [2.45, 2.75) is 51.5 Å². The predicted octanol–water partition coefficient (Wildman–Crippen LogP) is 4.80. The molecule has 3 aromatic rings. The van der Waals surface area contributed by atoms with Crippen molar-refractivity contribution in [2.75, 3.05) is 33.4 Å². The van der Waals surface area contributed by atoms with Gasteiger partial charge in [0, 0.05) is 29.9 Å². The molecule has 2 aliphatic rings. The molecule has 36 heavy (non-hydrogen) atoms. The normalized spacial score (nSPS) is 21.5. The molecule has 0 bridgehead atoms. The average molecular weight is 490 g/mol. The van der Waals surface area contributed by atoms with Crippen molar-refractivity contribution in [3.63, 3.8) is 0 Å². The number of piperazine rings is 1. The third kappa shape index (κ3) is 3.72. The van der Waals surface area contributed by atoms with E-state index in [4.69, 9.17) is 9.47 Å². The number of ether oxygens (including phenoxy) is 2. The SMILES string of the molecule is CCCCN1CC(=O)N2CC(c3ccc(OCCC)c(OC)c3)c3c([nH]c4ccccc34)C2(C)C1=O. The number of carbonyl (C=O) groups excluding carboxylic acids is 2. The first-order valence-electron chi connectivity index (χ1n) is 13.0. The highest BCUT2D eigenvalue weighted by molar-refractivity contribution is 6.01. The molecule has 2 unspecified atom stereocenters.